The highest BCUT2D eigenvalue weighted by Gasteiger charge is 2.12. The van der Waals surface area contributed by atoms with Gasteiger partial charge in [-0.1, -0.05) is 28.1 Å². The third kappa shape index (κ3) is 3.33. The van der Waals surface area contributed by atoms with E-state index in [1.165, 1.54) is 18.2 Å². The highest BCUT2D eigenvalue weighted by atomic mass is 79.9. The number of nitro groups is 1. The quantitative estimate of drug-likeness (QED) is 0.651. The maximum absolute atomic E-state index is 13.8. The topological polar surface area (TPSA) is 55.2 Å². The predicted octanol–water partition coefficient (Wildman–Crippen LogP) is 4.67. The lowest BCUT2D eigenvalue weighted by Crippen LogP contribution is -2.08. The molecule has 6 heteroatoms. The van der Waals surface area contributed by atoms with E-state index in [1.807, 2.05) is 0 Å². The smallest absolute Gasteiger partial charge is 0.271 e. The number of benzene rings is 2. The molecule has 0 aliphatic carbocycles. The van der Waals surface area contributed by atoms with Crippen LogP contribution < -0.4 is 5.32 Å². The second-order valence-electron chi connectivity index (χ2n) is 4.34. The Bertz CT molecular complexity index is 649. The SMILES string of the molecule is CC(Nc1cccc([N+](=O)[O-])c1)c1ccc(Br)cc1F. The van der Waals surface area contributed by atoms with Gasteiger partial charge in [0.2, 0.25) is 0 Å². The summed E-state index contributed by atoms with van der Waals surface area (Å²) in [6.07, 6.45) is 0. The van der Waals surface area contributed by atoms with Crippen molar-refractivity contribution in [2.75, 3.05) is 5.32 Å². The first-order chi connectivity index (χ1) is 9.47. The van der Waals surface area contributed by atoms with Gasteiger partial charge in [0.25, 0.3) is 5.69 Å². The van der Waals surface area contributed by atoms with Gasteiger partial charge in [-0.3, -0.25) is 10.1 Å². The van der Waals surface area contributed by atoms with E-state index in [9.17, 15) is 14.5 Å². The average molecular weight is 339 g/mol. The van der Waals surface area contributed by atoms with Crippen molar-refractivity contribution < 1.29 is 9.31 Å². The van der Waals surface area contributed by atoms with Gasteiger partial charge in [0, 0.05) is 27.9 Å². The normalized spacial score (nSPS) is 11.9. The third-order valence-electron chi connectivity index (χ3n) is 2.87. The van der Waals surface area contributed by atoms with Crippen LogP contribution in [0.15, 0.2) is 46.9 Å². The third-order valence-corrected chi connectivity index (χ3v) is 3.36. The minimum atomic E-state index is -0.462. The summed E-state index contributed by atoms with van der Waals surface area (Å²) in [6.45, 7) is 1.80. The molecular formula is C14H12BrFN2O2. The van der Waals surface area contributed by atoms with Gasteiger partial charge in [0.15, 0.2) is 0 Å². The lowest BCUT2D eigenvalue weighted by molar-refractivity contribution is -0.384. The number of nitrogens with zero attached hydrogens (tertiary/aromatic N) is 1. The number of nitro benzene ring substituents is 1. The summed E-state index contributed by atoms with van der Waals surface area (Å²) in [5.41, 5.74) is 1.08. The Balaban J connectivity index is 2.21. The van der Waals surface area contributed by atoms with E-state index in [4.69, 9.17) is 0 Å². The van der Waals surface area contributed by atoms with Gasteiger partial charge in [-0.2, -0.15) is 0 Å². The van der Waals surface area contributed by atoms with E-state index in [-0.39, 0.29) is 17.5 Å². The zero-order valence-corrected chi connectivity index (χ0v) is 12.2. The maximum Gasteiger partial charge on any atom is 0.271 e. The lowest BCUT2D eigenvalue weighted by atomic mass is 10.1. The second kappa shape index (κ2) is 6.00. The summed E-state index contributed by atoms with van der Waals surface area (Å²) in [5.74, 6) is -0.329. The summed E-state index contributed by atoms with van der Waals surface area (Å²) >= 11 is 3.20. The molecule has 4 nitrogen and oxygen atoms in total. The molecular weight excluding hydrogens is 327 g/mol. The molecule has 1 unspecified atom stereocenters. The first-order valence-electron chi connectivity index (χ1n) is 5.93. The monoisotopic (exact) mass is 338 g/mol. The standard InChI is InChI=1S/C14H12BrFN2O2/c1-9(13-6-5-10(15)7-14(13)16)17-11-3-2-4-12(8-11)18(19)20/h2-9,17H,1H3. The van der Waals surface area contributed by atoms with Gasteiger partial charge in [-0.15, -0.1) is 0 Å². The van der Waals surface area contributed by atoms with Gasteiger partial charge >= 0.3 is 0 Å². The van der Waals surface area contributed by atoms with Gasteiger partial charge < -0.3 is 5.32 Å². The summed E-state index contributed by atoms with van der Waals surface area (Å²) < 4.78 is 14.5. The molecule has 0 saturated carbocycles. The van der Waals surface area contributed by atoms with Crippen molar-refractivity contribution in [1.29, 1.82) is 0 Å². The molecule has 1 N–H and O–H groups in total. The number of non-ortho nitro benzene ring substituents is 1. The fourth-order valence-corrected chi connectivity index (χ4v) is 2.22. The molecule has 0 radical (unpaired) electrons. The molecule has 0 saturated heterocycles. The van der Waals surface area contributed by atoms with Gasteiger partial charge in [0.05, 0.1) is 11.0 Å². The minimum absolute atomic E-state index is 0.00141. The number of halogens is 2. The molecule has 2 aromatic rings. The zero-order valence-electron chi connectivity index (χ0n) is 10.6. The average Bonchev–Trinajstić information content (AvgIpc) is 2.38. The molecule has 2 aromatic carbocycles. The largest absolute Gasteiger partial charge is 0.378 e. The first kappa shape index (κ1) is 14.5. The molecule has 20 heavy (non-hydrogen) atoms. The van der Waals surface area contributed by atoms with Crippen LogP contribution in [-0.4, -0.2) is 4.92 Å². The van der Waals surface area contributed by atoms with Crippen LogP contribution in [0.25, 0.3) is 0 Å². The highest BCUT2D eigenvalue weighted by Crippen LogP contribution is 2.25. The number of nitrogens with one attached hydrogen (secondary N) is 1. The van der Waals surface area contributed by atoms with E-state index in [2.05, 4.69) is 21.2 Å². The van der Waals surface area contributed by atoms with Crippen LogP contribution in [0.3, 0.4) is 0 Å². The van der Waals surface area contributed by atoms with E-state index in [1.54, 1.807) is 31.2 Å². The van der Waals surface area contributed by atoms with Crippen LogP contribution in [-0.2, 0) is 0 Å². The van der Waals surface area contributed by atoms with Crippen LogP contribution in [0.2, 0.25) is 0 Å². The number of hydrogen-bond acceptors (Lipinski definition) is 3. The van der Waals surface area contributed by atoms with E-state index in [0.29, 0.717) is 15.7 Å². The minimum Gasteiger partial charge on any atom is -0.378 e. The van der Waals surface area contributed by atoms with Crippen molar-refractivity contribution in [3.05, 3.63) is 68.4 Å². The van der Waals surface area contributed by atoms with E-state index in [0.717, 1.165) is 0 Å². The van der Waals surface area contributed by atoms with Crippen molar-refractivity contribution in [3.8, 4) is 0 Å². The molecule has 2 rings (SSSR count). The molecule has 1 atom stereocenters. The Morgan fingerprint density at radius 2 is 2.05 bits per heavy atom. The molecule has 104 valence electrons. The molecule has 0 aliphatic rings. The van der Waals surface area contributed by atoms with Crippen molar-refractivity contribution in [1.82, 2.24) is 0 Å². The Hall–Kier alpha value is -1.95. The fraction of sp³-hybridized carbons (Fsp3) is 0.143. The fourth-order valence-electron chi connectivity index (χ4n) is 1.89. The predicted molar refractivity (Wildman–Crippen MR) is 79.2 cm³/mol. The zero-order chi connectivity index (χ0) is 14.7. The van der Waals surface area contributed by atoms with Gasteiger partial charge in [-0.25, -0.2) is 4.39 Å². The first-order valence-corrected chi connectivity index (χ1v) is 6.72. The molecule has 0 spiro atoms. The Labute approximate surface area is 123 Å². The van der Waals surface area contributed by atoms with E-state index < -0.39 is 4.92 Å². The summed E-state index contributed by atoms with van der Waals surface area (Å²) in [5, 5.41) is 13.8. The van der Waals surface area contributed by atoms with Crippen LogP contribution in [0.1, 0.15) is 18.5 Å². The Kier molecular flexibility index (Phi) is 4.34. The van der Waals surface area contributed by atoms with Gasteiger partial charge in [-0.05, 0) is 25.1 Å². The summed E-state index contributed by atoms with van der Waals surface area (Å²) in [4.78, 5) is 10.3. The molecule has 0 fully saturated rings. The highest BCUT2D eigenvalue weighted by molar-refractivity contribution is 9.10. The van der Waals surface area contributed by atoms with Crippen LogP contribution in [0, 0.1) is 15.9 Å². The van der Waals surface area contributed by atoms with Crippen molar-refractivity contribution in [2.24, 2.45) is 0 Å². The second-order valence-corrected chi connectivity index (χ2v) is 5.25. The van der Waals surface area contributed by atoms with Gasteiger partial charge in [0.1, 0.15) is 5.82 Å². The van der Waals surface area contributed by atoms with E-state index >= 15 is 0 Å². The van der Waals surface area contributed by atoms with Crippen molar-refractivity contribution in [3.63, 3.8) is 0 Å². The van der Waals surface area contributed by atoms with Crippen LogP contribution >= 0.6 is 15.9 Å². The molecule has 0 amide bonds. The molecule has 0 aromatic heterocycles. The Morgan fingerprint density at radius 1 is 1.30 bits per heavy atom. The summed E-state index contributed by atoms with van der Waals surface area (Å²) in [7, 11) is 0. The van der Waals surface area contributed by atoms with Crippen molar-refractivity contribution in [2.45, 2.75) is 13.0 Å². The Morgan fingerprint density at radius 3 is 2.70 bits per heavy atom. The molecule has 0 bridgehead atoms. The lowest BCUT2D eigenvalue weighted by Gasteiger charge is -2.16. The number of anilines is 1. The van der Waals surface area contributed by atoms with Crippen LogP contribution in [0.5, 0.6) is 0 Å². The number of rotatable bonds is 4. The summed E-state index contributed by atoms with van der Waals surface area (Å²) in [6, 6.07) is 10.7. The number of hydrogen-bond donors (Lipinski definition) is 1. The molecule has 0 aliphatic heterocycles. The molecule has 0 heterocycles. The maximum atomic E-state index is 13.8. The van der Waals surface area contributed by atoms with Crippen LogP contribution in [0.4, 0.5) is 15.8 Å². The van der Waals surface area contributed by atoms with Crippen molar-refractivity contribution >= 4 is 27.3 Å².